The van der Waals surface area contributed by atoms with E-state index in [1.54, 1.807) is 6.20 Å². The Bertz CT molecular complexity index is 664. The van der Waals surface area contributed by atoms with Crippen molar-refractivity contribution in [1.29, 1.82) is 5.26 Å². The van der Waals surface area contributed by atoms with Crippen LogP contribution in [0, 0.1) is 18.3 Å². The maximum absolute atomic E-state index is 8.82. The van der Waals surface area contributed by atoms with Crippen molar-refractivity contribution in [2.24, 2.45) is 0 Å². The fourth-order valence-electron chi connectivity index (χ4n) is 2.84. The van der Waals surface area contributed by atoms with Gasteiger partial charge in [-0.1, -0.05) is 29.8 Å². The highest BCUT2D eigenvalue weighted by Gasteiger charge is 2.18. The number of aryl methyl sites for hydroxylation is 1. The molecule has 4 heteroatoms. The molecule has 0 radical (unpaired) electrons. The Hall–Kier alpha value is -2.38. The molecule has 3 rings (SSSR count). The molecule has 2 aromatic rings. The molecule has 0 bridgehead atoms. The van der Waals surface area contributed by atoms with Gasteiger partial charge >= 0.3 is 0 Å². The van der Waals surface area contributed by atoms with Crippen LogP contribution in [0.15, 0.2) is 42.6 Å². The van der Waals surface area contributed by atoms with Crippen molar-refractivity contribution in [3.8, 4) is 6.07 Å². The van der Waals surface area contributed by atoms with E-state index in [1.807, 2.05) is 12.1 Å². The minimum atomic E-state index is 0.613. The standard InChI is InChI=1S/C18H20N4/c1-15-3-2-4-16(11-15)14-21-7-9-22(10-8-21)18-6-5-17(12-19)13-20-18/h2-6,11,13H,7-10,14H2,1H3. The van der Waals surface area contributed by atoms with E-state index < -0.39 is 0 Å². The smallest absolute Gasteiger partial charge is 0.128 e. The van der Waals surface area contributed by atoms with Crippen molar-refractivity contribution >= 4 is 5.82 Å². The minimum absolute atomic E-state index is 0.613. The molecule has 0 saturated carbocycles. The average molecular weight is 292 g/mol. The second-order valence-electron chi connectivity index (χ2n) is 5.77. The third-order valence-corrected chi connectivity index (χ3v) is 4.06. The summed E-state index contributed by atoms with van der Waals surface area (Å²) in [4.78, 5) is 9.15. The van der Waals surface area contributed by atoms with Crippen molar-refractivity contribution in [3.05, 3.63) is 59.3 Å². The van der Waals surface area contributed by atoms with Gasteiger partial charge in [0, 0.05) is 38.9 Å². The largest absolute Gasteiger partial charge is 0.354 e. The Labute approximate surface area is 131 Å². The predicted molar refractivity (Wildman–Crippen MR) is 87.6 cm³/mol. The number of benzene rings is 1. The van der Waals surface area contributed by atoms with Crippen LogP contribution in [0.25, 0.3) is 0 Å². The van der Waals surface area contributed by atoms with Crippen LogP contribution in [0.3, 0.4) is 0 Å². The third kappa shape index (κ3) is 3.44. The molecule has 1 fully saturated rings. The summed E-state index contributed by atoms with van der Waals surface area (Å²) >= 11 is 0. The maximum Gasteiger partial charge on any atom is 0.128 e. The van der Waals surface area contributed by atoms with Gasteiger partial charge in [-0.05, 0) is 24.6 Å². The fourth-order valence-corrected chi connectivity index (χ4v) is 2.84. The Kier molecular flexibility index (Phi) is 4.36. The second-order valence-corrected chi connectivity index (χ2v) is 5.77. The van der Waals surface area contributed by atoms with Crippen molar-refractivity contribution in [3.63, 3.8) is 0 Å². The first kappa shape index (κ1) is 14.6. The van der Waals surface area contributed by atoms with Crippen LogP contribution in [0.5, 0.6) is 0 Å². The predicted octanol–water partition coefficient (Wildman–Crippen LogP) is 2.58. The first-order valence-electron chi connectivity index (χ1n) is 7.63. The highest BCUT2D eigenvalue weighted by atomic mass is 15.3. The van der Waals surface area contributed by atoms with Crippen molar-refractivity contribution in [2.45, 2.75) is 13.5 Å². The monoisotopic (exact) mass is 292 g/mol. The SMILES string of the molecule is Cc1cccc(CN2CCN(c3ccc(C#N)cn3)CC2)c1. The molecule has 4 nitrogen and oxygen atoms in total. The zero-order chi connectivity index (χ0) is 15.4. The lowest BCUT2D eigenvalue weighted by Gasteiger charge is -2.35. The second kappa shape index (κ2) is 6.59. The van der Waals surface area contributed by atoms with Crippen LogP contribution in [0.1, 0.15) is 16.7 Å². The van der Waals surface area contributed by atoms with Crippen molar-refractivity contribution in [1.82, 2.24) is 9.88 Å². The zero-order valence-corrected chi connectivity index (χ0v) is 12.9. The molecule has 1 aromatic carbocycles. The van der Waals surface area contributed by atoms with E-state index in [-0.39, 0.29) is 0 Å². The number of nitriles is 1. The first-order valence-corrected chi connectivity index (χ1v) is 7.63. The zero-order valence-electron chi connectivity index (χ0n) is 12.9. The van der Waals surface area contributed by atoms with Crippen LogP contribution in [0.2, 0.25) is 0 Å². The molecule has 1 aliphatic rings. The lowest BCUT2D eigenvalue weighted by molar-refractivity contribution is 0.249. The van der Waals surface area contributed by atoms with E-state index in [4.69, 9.17) is 5.26 Å². The summed E-state index contributed by atoms with van der Waals surface area (Å²) in [5.74, 6) is 0.967. The van der Waals surface area contributed by atoms with Gasteiger partial charge in [0.1, 0.15) is 11.9 Å². The van der Waals surface area contributed by atoms with E-state index in [9.17, 15) is 0 Å². The fraction of sp³-hybridized carbons (Fsp3) is 0.333. The van der Waals surface area contributed by atoms with Crippen LogP contribution < -0.4 is 4.90 Å². The normalized spacial score (nSPS) is 15.5. The Balaban J connectivity index is 1.57. The number of nitrogens with zero attached hydrogens (tertiary/aromatic N) is 4. The maximum atomic E-state index is 8.82. The van der Waals surface area contributed by atoms with E-state index in [2.05, 4.69) is 52.0 Å². The summed E-state index contributed by atoms with van der Waals surface area (Å²) in [6.07, 6.45) is 1.65. The summed E-state index contributed by atoms with van der Waals surface area (Å²) in [6.45, 7) is 7.18. The molecule has 1 aliphatic heterocycles. The number of aromatic nitrogens is 1. The van der Waals surface area contributed by atoms with Gasteiger partial charge in [0.2, 0.25) is 0 Å². The molecule has 1 saturated heterocycles. The summed E-state index contributed by atoms with van der Waals surface area (Å²) in [5.41, 5.74) is 3.31. The van der Waals surface area contributed by atoms with E-state index >= 15 is 0 Å². The van der Waals surface area contributed by atoms with Crippen LogP contribution in [-0.2, 0) is 6.54 Å². The number of anilines is 1. The molecule has 0 N–H and O–H groups in total. The lowest BCUT2D eigenvalue weighted by Crippen LogP contribution is -2.46. The molecular formula is C18H20N4. The first-order chi connectivity index (χ1) is 10.7. The Morgan fingerprint density at radius 1 is 1.14 bits per heavy atom. The van der Waals surface area contributed by atoms with Gasteiger partial charge < -0.3 is 4.90 Å². The molecule has 22 heavy (non-hydrogen) atoms. The summed E-state index contributed by atoms with van der Waals surface area (Å²) < 4.78 is 0. The van der Waals surface area contributed by atoms with Gasteiger partial charge in [0.15, 0.2) is 0 Å². The number of rotatable bonds is 3. The molecular weight excluding hydrogens is 272 g/mol. The van der Waals surface area contributed by atoms with Gasteiger partial charge in [0.25, 0.3) is 0 Å². The summed E-state index contributed by atoms with van der Waals surface area (Å²) in [5, 5.41) is 8.82. The van der Waals surface area contributed by atoms with Crippen LogP contribution in [-0.4, -0.2) is 36.1 Å². The van der Waals surface area contributed by atoms with Crippen molar-refractivity contribution < 1.29 is 0 Å². The summed E-state index contributed by atoms with van der Waals surface area (Å²) in [7, 11) is 0. The molecule has 1 aromatic heterocycles. The van der Waals surface area contributed by atoms with Crippen LogP contribution >= 0.6 is 0 Å². The van der Waals surface area contributed by atoms with E-state index in [0.29, 0.717) is 5.56 Å². The number of pyridine rings is 1. The molecule has 0 spiro atoms. The Morgan fingerprint density at radius 2 is 1.95 bits per heavy atom. The third-order valence-electron chi connectivity index (χ3n) is 4.06. The average Bonchev–Trinajstić information content (AvgIpc) is 2.56. The quantitative estimate of drug-likeness (QED) is 0.872. The molecule has 0 aliphatic carbocycles. The van der Waals surface area contributed by atoms with Gasteiger partial charge in [-0.3, -0.25) is 4.90 Å². The van der Waals surface area contributed by atoms with Gasteiger partial charge in [-0.25, -0.2) is 4.98 Å². The number of piperazine rings is 1. The van der Waals surface area contributed by atoms with Gasteiger partial charge in [-0.2, -0.15) is 5.26 Å². The highest BCUT2D eigenvalue weighted by Crippen LogP contribution is 2.15. The van der Waals surface area contributed by atoms with Crippen molar-refractivity contribution in [2.75, 3.05) is 31.1 Å². The topological polar surface area (TPSA) is 43.2 Å². The molecule has 0 atom stereocenters. The molecule has 112 valence electrons. The van der Waals surface area contributed by atoms with Gasteiger partial charge in [-0.15, -0.1) is 0 Å². The Morgan fingerprint density at radius 3 is 2.59 bits per heavy atom. The summed E-state index contributed by atoms with van der Waals surface area (Å²) in [6, 6.07) is 14.6. The highest BCUT2D eigenvalue weighted by molar-refractivity contribution is 5.42. The molecule has 0 unspecified atom stereocenters. The van der Waals surface area contributed by atoms with Crippen LogP contribution in [0.4, 0.5) is 5.82 Å². The minimum Gasteiger partial charge on any atom is -0.354 e. The number of hydrogen-bond donors (Lipinski definition) is 0. The van der Waals surface area contributed by atoms with Gasteiger partial charge in [0.05, 0.1) is 5.56 Å². The van der Waals surface area contributed by atoms with E-state index in [1.165, 1.54) is 11.1 Å². The van der Waals surface area contributed by atoms with E-state index in [0.717, 1.165) is 38.5 Å². The molecule has 0 amide bonds. The lowest BCUT2D eigenvalue weighted by atomic mass is 10.1. The number of hydrogen-bond acceptors (Lipinski definition) is 4. The molecule has 2 heterocycles.